The second-order valence-electron chi connectivity index (χ2n) is 3.92. The van der Waals surface area contributed by atoms with E-state index in [1.54, 1.807) is 12.5 Å². The van der Waals surface area contributed by atoms with Crippen LogP contribution in [0.15, 0.2) is 30.7 Å². The van der Waals surface area contributed by atoms with E-state index in [2.05, 4.69) is 22.2 Å². The topological polar surface area (TPSA) is 49.9 Å². The van der Waals surface area contributed by atoms with Crippen molar-refractivity contribution >= 4 is 17.3 Å². The van der Waals surface area contributed by atoms with Gasteiger partial charge in [0.05, 0.1) is 30.9 Å². The van der Waals surface area contributed by atoms with E-state index >= 15 is 0 Å². The Bertz CT molecular complexity index is 485. The summed E-state index contributed by atoms with van der Waals surface area (Å²) in [5.41, 5.74) is 1.90. The Morgan fingerprint density at radius 3 is 3.06 bits per heavy atom. The summed E-state index contributed by atoms with van der Waals surface area (Å²) in [6.07, 6.45) is 4.41. The second kappa shape index (κ2) is 6.31. The number of nitrogens with one attached hydrogen (secondary N) is 2. The molecule has 0 spiro atoms. The lowest BCUT2D eigenvalue weighted by atomic mass is 10.3. The highest BCUT2D eigenvalue weighted by atomic mass is 35.5. The molecule has 0 aliphatic carbocycles. The van der Waals surface area contributed by atoms with Gasteiger partial charge < -0.3 is 15.0 Å². The van der Waals surface area contributed by atoms with Gasteiger partial charge >= 0.3 is 0 Å². The van der Waals surface area contributed by atoms with Crippen LogP contribution >= 0.6 is 11.6 Å². The summed E-state index contributed by atoms with van der Waals surface area (Å²) in [4.78, 5) is 7.01. The number of aromatic amines is 1. The molecule has 4 nitrogen and oxygen atoms in total. The van der Waals surface area contributed by atoms with Gasteiger partial charge in [0.2, 0.25) is 0 Å². The maximum absolute atomic E-state index is 6.00. The average Bonchev–Trinajstić information content (AvgIpc) is 2.88. The van der Waals surface area contributed by atoms with Crippen LogP contribution in [0.25, 0.3) is 0 Å². The van der Waals surface area contributed by atoms with Gasteiger partial charge in [-0.2, -0.15) is 0 Å². The molecule has 2 aromatic rings. The smallest absolute Gasteiger partial charge is 0.142 e. The van der Waals surface area contributed by atoms with E-state index in [-0.39, 0.29) is 0 Å². The zero-order valence-electron chi connectivity index (χ0n) is 10.2. The van der Waals surface area contributed by atoms with Gasteiger partial charge in [0, 0.05) is 11.2 Å². The highest BCUT2D eigenvalue weighted by Crippen LogP contribution is 2.28. The van der Waals surface area contributed by atoms with Crippen LogP contribution in [0.1, 0.15) is 19.0 Å². The van der Waals surface area contributed by atoms with E-state index in [1.165, 1.54) is 0 Å². The van der Waals surface area contributed by atoms with Gasteiger partial charge in [-0.15, -0.1) is 0 Å². The number of nitrogens with zero attached hydrogens (tertiary/aromatic N) is 1. The lowest BCUT2D eigenvalue weighted by Gasteiger charge is -2.12. The number of ether oxygens (including phenoxy) is 1. The van der Waals surface area contributed by atoms with Crippen molar-refractivity contribution in [1.29, 1.82) is 0 Å². The molecule has 2 rings (SSSR count). The van der Waals surface area contributed by atoms with Gasteiger partial charge in [0.15, 0.2) is 0 Å². The first-order valence-electron chi connectivity index (χ1n) is 5.93. The first-order chi connectivity index (χ1) is 8.79. The molecule has 0 saturated heterocycles. The molecule has 0 unspecified atom stereocenters. The van der Waals surface area contributed by atoms with E-state index < -0.39 is 0 Å². The van der Waals surface area contributed by atoms with Crippen LogP contribution < -0.4 is 10.1 Å². The minimum Gasteiger partial charge on any atom is -0.491 e. The monoisotopic (exact) mass is 265 g/mol. The zero-order valence-corrected chi connectivity index (χ0v) is 11.0. The zero-order chi connectivity index (χ0) is 12.8. The molecule has 1 heterocycles. The first kappa shape index (κ1) is 12.8. The fourth-order valence-corrected chi connectivity index (χ4v) is 1.72. The standard InChI is InChI=1S/C13H16ClN3O/c1-2-5-18-13-4-3-10(14)6-12(13)16-8-11-7-15-9-17-11/h3-4,6-7,9,16H,2,5,8H2,1H3,(H,15,17). The van der Waals surface area contributed by atoms with Crippen LogP contribution in [-0.4, -0.2) is 16.6 Å². The lowest BCUT2D eigenvalue weighted by Crippen LogP contribution is -2.03. The van der Waals surface area contributed by atoms with Crippen molar-refractivity contribution in [3.63, 3.8) is 0 Å². The Labute approximate surface area is 111 Å². The summed E-state index contributed by atoms with van der Waals surface area (Å²) in [6.45, 7) is 3.43. The normalized spacial score (nSPS) is 10.3. The largest absolute Gasteiger partial charge is 0.491 e. The maximum Gasteiger partial charge on any atom is 0.142 e. The highest BCUT2D eigenvalue weighted by Gasteiger charge is 2.05. The summed E-state index contributed by atoms with van der Waals surface area (Å²) in [5, 5.41) is 3.97. The number of hydrogen-bond donors (Lipinski definition) is 2. The van der Waals surface area contributed by atoms with Crippen molar-refractivity contribution in [2.24, 2.45) is 0 Å². The number of imidazole rings is 1. The molecule has 0 aliphatic rings. The molecule has 0 amide bonds. The van der Waals surface area contributed by atoms with E-state index in [0.717, 1.165) is 23.6 Å². The molecule has 0 bridgehead atoms. The molecule has 0 saturated carbocycles. The second-order valence-corrected chi connectivity index (χ2v) is 4.36. The minimum absolute atomic E-state index is 0.656. The van der Waals surface area contributed by atoms with Crippen LogP contribution in [0.5, 0.6) is 5.75 Å². The molecule has 18 heavy (non-hydrogen) atoms. The van der Waals surface area contributed by atoms with Gasteiger partial charge in [0.1, 0.15) is 5.75 Å². The number of benzene rings is 1. The van der Waals surface area contributed by atoms with E-state index in [4.69, 9.17) is 16.3 Å². The van der Waals surface area contributed by atoms with Crippen LogP contribution in [0.2, 0.25) is 5.02 Å². The van der Waals surface area contributed by atoms with Crippen molar-refractivity contribution in [3.05, 3.63) is 41.4 Å². The molecule has 96 valence electrons. The average molecular weight is 266 g/mol. The van der Waals surface area contributed by atoms with Gasteiger partial charge in [-0.25, -0.2) is 4.98 Å². The van der Waals surface area contributed by atoms with Crippen molar-refractivity contribution in [2.75, 3.05) is 11.9 Å². The third-order valence-electron chi connectivity index (χ3n) is 2.43. The number of anilines is 1. The first-order valence-corrected chi connectivity index (χ1v) is 6.31. The Morgan fingerprint density at radius 1 is 1.44 bits per heavy atom. The summed E-state index contributed by atoms with van der Waals surface area (Å²) < 4.78 is 5.66. The van der Waals surface area contributed by atoms with Crippen LogP contribution in [0.3, 0.4) is 0 Å². The van der Waals surface area contributed by atoms with Gasteiger partial charge in [-0.05, 0) is 24.6 Å². The Kier molecular flexibility index (Phi) is 4.47. The maximum atomic E-state index is 6.00. The SMILES string of the molecule is CCCOc1ccc(Cl)cc1NCc1cnc[nH]1. The summed E-state index contributed by atoms with van der Waals surface area (Å²) in [7, 11) is 0. The number of halogens is 1. The van der Waals surface area contributed by atoms with Crippen LogP contribution in [-0.2, 0) is 6.54 Å². The Morgan fingerprint density at radius 2 is 2.33 bits per heavy atom. The number of rotatable bonds is 6. The van der Waals surface area contributed by atoms with Gasteiger partial charge in [0.25, 0.3) is 0 Å². The number of aromatic nitrogens is 2. The highest BCUT2D eigenvalue weighted by molar-refractivity contribution is 6.30. The predicted molar refractivity (Wildman–Crippen MR) is 73.2 cm³/mol. The van der Waals surface area contributed by atoms with Gasteiger partial charge in [-0.3, -0.25) is 0 Å². The molecule has 0 radical (unpaired) electrons. The van der Waals surface area contributed by atoms with E-state index in [1.807, 2.05) is 18.2 Å². The van der Waals surface area contributed by atoms with Crippen molar-refractivity contribution in [3.8, 4) is 5.75 Å². The predicted octanol–water partition coefficient (Wildman–Crippen LogP) is 3.46. The summed E-state index contributed by atoms with van der Waals surface area (Å²) in [6, 6.07) is 5.57. The van der Waals surface area contributed by atoms with Crippen molar-refractivity contribution in [1.82, 2.24) is 9.97 Å². The number of hydrogen-bond acceptors (Lipinski definition) is 3. The summed E-state index contributed by atoms with van der Waals surface area (Å²) >= 11 is 6.00. The quantitative estimate of drug-likeness (QED) is 0.841. The molecule has 5 heteroatoms. The molecule has 2 N–H and O–H groups in total. The lowest BCUT2D eigenvalue weighted by molar-refractivity contribution is 0.319. The van der Waals surface area contributed by atoms with Crippen LogP contribution in [0.4, 0.5) is 5.69 Å². The fourth-order valence-electron chi connectivity index (χ4n) is 1.55. The van der Waals surface area contributed by atoms with Crippen LogP contribution in [0, 0.1) is 0 Å². The van der Waals surface area contributed by atoms with Gasteiger partial charge in [-0.1, -0.05) is 18.5 Å². The third-order valence-corrected chi connectivity index (χ3v) is 2.66. The third kappa shape index (κ3) is 3.40. The minimum atomic E-state index is 0.656. The molecule has 0 fully saturated rings. The molecule has 1 aromatic heterocycles. The fraction of sp³-hybridized carbons (Fsp3) is 0.308. The molecular formula is C13H16ClN3O. The van der Waals surface area contributed by atoms with Crippen molar-refractivity contribution in [2.45, 2.75) is 19.9 Å². The molecular weight excluding hydrogens is 250 g/mol. The molecule has 0 aliphatic heterocycles. The van der Waals surface area contributed by atoms with E-state index in [9.17, 15) is 0 Å². The molecule has 1 aromatic carbocycles. The van der Waals surface area contributed by atoms with E-state index in [0.29, 0.717) is 18.2 Å². The number of H-pyrrole nitrogens is 1. The Balaban J connectivity index is 2.06. The molecule has 0 atom stereocenters. The Hall–Kier alpha value is -1.68. The summed E-state index contributed by atoms with van der Waals surface area (Å²) in [5.74, 6) is 0.820. The van der Waals surface area contributed by atoms with Crippen molar-refractivity contribution < 1.29 is 4.74 Å².